The van der Waals surface area contributed by atoms with Crippen molar-refractivity contribution >= 4 is 17.6 Å². The monoisotopic (exact) mass is 230 g/mol. The maximum absolute atomic E-state index is 11.2. The molecule has 0 atom stereocenters. The number of anilines is 1. The number of carbonyl (C=O) groups is 2. The molecular formula is C12H10N2O3. The number of amides is 1. The smallest absolute Gasteiger partial charge is 0.328 e. The number of hydrogen-bond acceptors (Lipinski definition) is 3. The molecule has 0 heterocycles. The lowest BCUT2D eigenvalue weighted by atomic mass is 10.1. The molecule has 1 amide bonds. The summed E-state index contributed by atoms with van der Waals surface area (Å²) in [7, 11) is 0. The zero-order valence-electron chi connectivity index (χ0n) is 8.88. The van der Waals surface area contributed by atoms with Crippen LogP contribution < -0.4 is 5.32 Å². The van der Waals surface area contributed by atoms with Crippen LogP contribution in [0.2, 0.25) is 0 Å². The molecule has 0 aliphatic carbocycles. The van der Waals surface area contributed by atoms with Gasteiger partial charge in [-0.15, -0.1) is 0 Å². The highest BCUT2D eigenvalue weighted by Crippen LogP contribution is 2.09. The average Bonchev–Trinajstić information content (AvgIpc) is 2.29. The second-order valence-electron chi connectivity index (χ2n) is 3.19. The normalized spacial score (nSPS) is 9.82. The highest BCUT2D eigenvalue weighted by atomic mass is 16.4. The van der Waals surface area contributed by atoms with Crippen LogP contribution in [0.4, 0.5) is 5.69 Å². The van der Waals surface area contributed by atoms with Gasteiger partial charge < -0.3 is 10.4 Å². The number of nitriles is 1. The molecule has 0 bridgehead atoms. The van der Waals surface area contributed by atoms with E-state index < -0.39 is 11.9 Å². The molecule has 0 radical (unpaired) electrons. The van der Waals surface area contributed by atoms with Crippen LogP contribution in [0, 0.1) is 11.3 Å². The van der Waals surface area contributed by atoms with E-state index in [2.05, 4.69) is 5.32 Å². The van der Waals surface area contributed by atoms with Crippen molar-refractivity contribution in [3.05, 3.63) is 42.0 Å². The van der Waals surface area contributed by atoms with Crippen LogP contribution in [0.25, 0.3) is 0 Å². The molecule has 1 rings (SSSR count). The van der Waals surface area contributed by atoms with Crippen LogP contribution in [-0.2, 0) is 16.0 Å². The summed E-state index contributed by atoms with van der Waals surface area (Å²) in [6.45, 7) is 0. The van der Waals surface area contributed by atoms with Gasteiger partial charge in [-0.1, -0.05) is 12.1 Å². The van der Waals surface area contributed by atoms with E-state index in [0.29, 0.717) is 12.1 Å². The van der Waals surface area contributed by atoms with Crippen LogP contribution >= 0.6 is 0 Å². The first-order valence-electron chi connectivity index (χ1n) is 4.79. The predicted octanol–water partition coefficient (Wildman–Crippen LogP) is 1.33. The Hall–Kier alpha value is -2.61. The summed E-state index contributed by atoms with van der Waals surface area (Å²) >= 11 is 0. The van der Waals surface area contributed by atoms with Gasteiger partial charge in [-0.25, -0.2) is 4.79 Å². The number of aliphatic carboxylic acids is 1. The summed E-state index contributed by atoms with van der Waals surface area (Å²) in [6.07, 6.45) is 2.01. The SMILES string of the molecule is N#CCc1ccc(NC(=O)/C=C/C(=O)O)cc1. The Balaban J connectivity index is 2.60. The molecule has 0 spiro atoms. The predicted molar refractivity (Wildman–Crippen MR) is 61.2 cm³/mol. The second-order valence-corrected chi connectivity index (χ2v) is 3.19. The minimum Gasteiger partial charge on any atom is -0.478 e. The topological polar surface area (TPSA) is 90.2 Å². The summed E-state index contributed by atoms with van der Waals surface area (Å²) in [4.78, 5) is 21.4. The first kappa shape index (κ1) is 12.5. The molecule has 86 valence electrons. The van der Waals surface area contributed by atoms with E-state index in [1.165, 1.54) is 0 Å². The third-order valence-corrected chi connectivity index (χ3v) is 1.88. The number of carboxylic acids is 1. The van der Waals surface area contributed by atoms with Crippen LogP contribution in [0.3, 0.4) is 0 Å². The Morgan fingerprint density at radius 3 is 2.47 bits per heavy atom. The maximum atomic E-state index is 11.2. The molecule has 0 saturated heterocycles. The van der Waals surface area contributed by atoms with E-state index in [1.54, 1.807) is 24.3 Å². The Morgan fingerprint density at radius 2 is 1.94 bits per heavy atom. The molecule has 5 heteroatoms. The summed E-state index contributed by atoms with van der Waals surface area (Å²) < 4.78 is 0. The van der Waals surface area contributed by atoms with Crippen molar-refractivity contribution in [2.45, 2.75) is 6.42 Å². The highest BCUT2D eigenvalue weighted by molar-refractivity contribution is 6.02. The number of nitrogens with one attached hydrogen (secondary N) is 1. The van der Waals surface area contributed by atoms with E-state index in [-0.39, 0.29) is 0 Å². The lowest BCUT2D eigenvalue weighted by Gasteiger charge is -2.02. The standard InChI is InChI=1S/C12H10N2O3/c13-8-7-9-1-3-10(4-2-9)14-11(15)5-6-12(16)17/h1-6H,7H2,(H,14,15)(H,16,17)/b6-5+. The molecule has 2 N–H and O–H groups in total. The van der Waals surface area contributed by atoms with Gasteiger partial charge in [0, 0.05) is 17.8 Å². The third-order valence-electron chi connectivity index (χ3n) is 1.88. The van der Waals surface area contributed by atoms with Crippen LogP contribution in [0.5, 0.6) is 0 Å². The van der Waals surface area contributed by atoms with Crippen molar-refractivity contribution in [3.8, 4) is 6.07 Å². The third kappa shape index (κ3) is 4.62. The van der Waals surface area contributed by atoms with Gasteiger partial charge in [-0.05, 0) is 17.7 Å². The molecule has 0 saturated carbocycles. The molecule has 1 aromatic rings. The Labute approximate surface area is 98.0 Å². The number of hydrogen-bond donors (Lipinski definition) is 2. The molecule has 0 aliphatic rings. The molecule has 0 aromatic heterocycles. The minimum absolute atomic E-state index is 0.313. The van der Waals surface area contributed by atoms with E-state index in [4.69, 9.17) is 10.4 Å². The lowest BCUT2D eigenvalue weighted by Crippen LogP contribution is -2.08. The quantitative estimate of drug-likeness (QED) is 0.763. The molecule has 0 fully saturated rings. The molecule has 5 nitrogen and oxygen atoms in total. The molecular weight excluding hydrogens is 220 g/mol. The molecule has 1 aromatic carbocycles. The minimum atomic E-state index is -1.18. The van der Waals surface area contributed by atoms with Crippen LogP contribution in [-0.4, -0.2) is 17.0 Å². The molecule has 0 unspecified atom stereocenters. The van der Waals surface area contributed by atoms with Gasteiger partial charge in [0.1, 0.15) is 0 Å². The van der Waals surface area contributed by atoms with E-state index in [9.17, 15) is 9.59 Å². The van der Waals surface area contributed by atoms with E-state index in [1.807, 2.05) is 6.07 Å². The van der Waals surface area contributed by atoms with Gasteiger partial charge >= 0.3 is 5.97 Å². The maximum Gasteiger partial charge on any atom is 0.328 e. The fourth-order valence-corrected chi connectivity index (χ4v) is 1.13. The molecule has 0 aliphatic heterocycles. The van der Waals surface area contributed by atoms with E-state index in [0.717, 1.165) is 17.7 Å². The zero-order valence-corrected chi connectivity index (χ0v) is 8.88. The van der Waals surface area contributed by atoms with Gasteiger partial charge in [-0.3, -0.25) is 4.79 Å². The number of nitrogens with zero attached hydrogens (tertiary/aromatic N) is 1. The van der Waals surface area contributed by atoms with E-state index >= 15 is 0 Å². The van der Waals surface area contributed by atoms with Crippen molar-refractivity contribution in [3.63, 3.8) is 0 Å². The first-order valence-corrected chi connectivity index (χ1v) is 4.79. The molecule has 17 heavy (non-hydrogen) atoms. The summed E-state index contributed by atoms with van der Waals surface area (Å²) in [5.41, 5.74) is 1.40. The van der Waals surface area contributed by atoms with Gasteiger partial charge in [0.15, 0.2) is 0 Å². The summed E-state index contributed by atoms with van der Waals surface area (Å²) in [5.74, 6) is -1.69. The Kier molecular flexibility index (Phi) is 4.45. The largest absolute Gasteiger partial charge is 0.478 e. The van der Waals surface area contributed by atoms with Crippen molar-refractivity contribution in [2.75, 3.05) is 5.32 Å². The first-order chi connectivity index (χ1) is 8.11. The van der Waals surface area contributed by atoms with Crippen molar-refractivity contribution in [2.24, 2.45) is 0 Å². The van der Waals surface area contributed by atoms with Crippen molar-refractivity contribution in [1.29, 1.82) is 5.26 Å². The average molecular weight is 230 g/mol. The number of carbonyl (C=O) groups excluding carboxylic acids is 1. The van der Waals surface area contributed by atoms with Crippen molar-refractivity contribution < 1.29 is 14.7 Å². The summed E-state index contributed by atoms with van der Waals surface area (Å²) in [6, 6.07) is 8.76. The fourth-order valence-electron chi connectivity index (χ4n) is 1.13. The van der Waals surface area contributed by atoms with Crippen LogP contribution in [0.1, 0.15) is 5.56 Å². The summed E-state index contributed by atoms with van der Waals surface area (Å²) in [5, 5.41) is 19.3. The Morgan fingerprint density at radius 1 is 1.29 bits per heavy atom. The van der Waals surface area contributed by atoms with Crippen molar-refractivity contribution in [1.82, 2.24) is 0 Å². The van der Waals surface area contributed by atoms with Gasteiger partial charge in [0.05, 0.1) is 12.5 Å². The van der Waals surface area contributed by atoms with Gasteiger partial charge in [-0.2, -0.15) is 5.26 Å². The van der Waals surface area contributed by atoms with Gasteiger partial charge in [0.25, 0.3) is 0 Å². The number of rotatable bonds is 4. The number of carboxylic acid groups (broad SMARTS) is 1. The van der Waals surface area contributed by atoms with Crippen LogP contribution in [0.15, 0.2) is 36.4 Å². The second kappa shape index (κ2) is 6.08. The van der Waals surface area contributed by atoms with Gasteiger partial charge in [0.2, 0.25) is 5.91 Å². The number of benzene rings is 1. The highest BCUT2D eigenvalue weighted by Gasteiger charge is 1.99. The lowest BCUT2D eigenvalue weighted by molar-refractivity contribution is -0.131. The Bertz CT molecular complexity index is 483. The zero-order chi connectivity index (χ0) is 12.7. The fraction of sp³-hybridized carbons (Fsp3) is 0.0833.